The molecule has 1 aromatic carbocycles. The number of halogens is 2. The fourth-order valence-electron chi connectivity index (χ4n) is 4.53. The zero-order valence-electron chi connectivity index (χ0n) is 15.3. The largest absolute Gasteiger partial charge is 0.329 e. The number of H-pyrrole nitrogens is 1. The number of aromatic nitrogens is 2. The highest BCUT2D eigenvalue weighted by Gasteiger charge is 2.33. The van der Waals surface area contributed by atoms with Crippen molar-refractivity contribution in [1.29, 1.82) is 0 Å². The predicted octanol–water partition coefficient (Wildman–Crippen LogP) is 3.88. The Labute approximate surface area is 170 Å². The molecule has 2 unspecified atom stereocenters. The van der Waals surface area contributed by atoms with Crippen LogP contribution >= 0.6 is 23.7 Å². The van der Waals surface area contributed by atoms with E-state index in [1.807, 2.05) is 18.4 Å². The monoisotopic (exact) mass is 421 g/mol. The van der Waals surface area contributed by atoms with Crippen molar-refractivity contribution >= 4 is 34.6 Å². The Morgan fingerprint density at radius 3 is 2.71 bits per heavy atom. The van der Waals surface area contributed by atoms with Crippen LogP contribution in [0.2, 0.25) is 0 Å². The summed E-state index contributed by atoms with van der Waals surface area (Å²) in [7, 11) is 0. The number of nitrogens with zero attached hydrogens (tertiary/aromatic N) is 1. The lowest BCUT2D eigenvalue weighted by molar-refractivity contribution is 0.515. The molecule has 2 aliphatic carbocycles. The highest BCUT2D eigenvalue weighted by Crippen LogP contribution is 2.46. The van der Waals surface area contributed by atoms with Gasteiger partial charge in [-0.2, -0.15) is 0 Å². The first kappa shape index (κ1) is 19.4. The molecule has 148 valence electrons. The van der Waals surface area contributed by atoms with Crippen LogP contribution in [0.1, 0.15) is 65.3 Å². The molecular weight excluding hydrogens is 401 g/mol. The second-order valence-electron chi connectivity index (χ2n) is 7.63. The van der Waals surface area contributed by atoms with Crippen molar-refractivity contribution in [3.8, 4) is 0 Å². The number of hydrogen-bond donors (Lipinski definition) is 2. The molecule has 1 fully saturated rings. The lowest BCUT2D eigenvalue weighted by atomic mass is 9.80. The molecule has 0 spiro atoms. The van der Waals surface area contributed by atoms with Gasteiger partial charge in [0.05, 0.1) is 10.9 Å². The number of nitrogens with one attached hydrogen (secondary N) is 1. The van der Waals surface area contributed by atoms with Crippen LogP contribution in [0.5, 0.6) is 0 Å². The maximum atomic E-state index is 15.2. The van der Waals surface area contributed by atoms with Crippen molar-refractivity contribution in [2.24, 2.45) is 5.73 Å². The van der Waals surface area contributed by atoms with Gasteiger partial charge in [0.1, 0.15) is 5.82 Å². The summed E-state index contributed by atoms with van der Waals surface area (Å²) in [5.74, 6) is -0.474. The Morgan fingerprint density at radius 1 is 1.25 bits per heavy atom. The molecule has 1 saturated carbocycles. The maximum absolute atomic E-state index is 15.2. The van der Waals surface area contributed by atoms with Crippen molar-refractivity contribution < 1.29 is 4.39 Å². The minimum Gasteiger partial charge on any atom is -0.324 e. The third-order valence-electron chi connectivity index (χ3n) is 5.94. The summed E-state index contributed by atoms with van der Waals surface area (Å²) < 4.78 is 16.9. The molecular formula is C20H21ClFN3O2S. The number of benzene rings is 1. The molecule has 0 radical (unpaired) electrons. The van der Waals surface area contributed by atoms with Crippen LogP contribution in [0, 0.1) is 12.7 Å². The minimum atomic E-state index is -0.525. The SMILES string of the molecule is Cc1c(C2CCC(N)c3ccsc32)c(F)cc2c(=O)[nH]c(=O)n(C3CC3)c12.Cl. The summed E-state index contributed by atoms with van der Waals surface area (Å²) >= 11 is 1.60. The fourth-order valence-corrected chi connectivity index (χ4v) is 5.65. The van der Waals surface area contributed by atoms with Gasteiger partial charge >= 0.3 is 5.69 Å². The molecule has 3 N–H and O–H groups in total. The van der Waals surface area contributed by atoms with E-state index in [2.05, 4.69) is 4.98 Å². The van der Waals surface area contributed by atoms with Crippen LogP contribution in [0.25, 0.3) is 10.9 Å². The van der Waals surface area contributed by atoms with Gasteiger partial charge in [-0.1, -0.05) is 0 Å². The summed E-state index contributed by atoms with van der Waals surface area (Å²) in [5.41, 5.74) is 8.25. The van der Waals surface area contributed by atoms with Crippen LogP contribution in [0.15, 0.2) is 27.1 Å². The highest BCUT2D eigenvalue weighted by molar-refractivity contribution is 7.10. The molecule has 0 bridgehead atoms. The quantitative estimate of drug-likeness (QED) is 0.658. The van der Waals surface area contributed by atoms with Gasteiger partial charge in [-0.15, -0.1) is 23.7 Å². The van der Waals surface area contributed by atoms with Gasteiger partial charge in [-0.25, -0.2) is 9.18 Å². The first-order chi connectivity index (χ1) is 13.0. The first-order valence-electron chi connectivity index (χ1n) is 9.27. The molecule has 2 aromatic heterocycles. The maximum Gasteiger partial charge on any atom is 0.329 e. The Balaban J connectivity index is 0.00000192. The van der Waals surface area contributed by atoms with Crippen LogP contribution in [-0.4, -0.2) is 9.55 Å². The Bertz CT molecular complexity index is 1190. The van der Waals surface area contributed by atoms with Crippen LogP contribution in [-0.2, 0) is 0 Å². The third-order valence-corrected chi connectivity index (χ3v) is 6.98. The topological polar surface area (TPSA) is 80.9 Å². The Kier molecular flexibility index (Phi) is 4.72. The van der Waals surface area contributed by atoms with Crippen molar-refractivity contribution in [1.82, 2.24) is 9.55 Å². The molecule has 5 nitrogen and oxygen atoms in total. The van der Waals surface area contributed by atoms with E-state index >= 15 is 4.39 Å². The van der Waals surface area contributed by atoms with Crippen molar-refractivity contribution in [3.05, 3.63) is 65.7 Å². The van der Waals surface area contributed by atoms with E-state index in [0.717, 1.165) is 36.1 Å². The molecule has 5 rings (SSSR count). The summed E-state index contributed by atoms with van der Waals surface area (Å²) in [6.45, 7) is 1.83. The average molecular weight is 422 g/mol. The van der Waals surface area contributed by atoms with Gasteiger partial charge < -0.3 is 5.73 Å². The van der Waals surface area contributed by atoms with Gasteiger partial charge in [-0.3, -0.25) is 14.3 Å². The molecule has 2 aliphatic rings. The molecule has 0 aliphatic heterocycles. The van der Waals surface area contributed by atoms with E-state index in [1.165, 1.54) is 6.07 Å². The number of aromatic amines is 1. The van der Waals surface area contributed by atoms with Crippen LogP contribution < -0.4 is 17.0 Å². The summed E-state index contributed by atoms with van der Waals surface area (Å²) in [6.07, 6.45) is 3.35. The summed E-state index contributed by atoms with van der Waals surface area (Å²) in [4.78, 5) is 28.2. The van der Waals surface area contributed by atoms with Gasteiger partial charge in [0.2, 0.25) is 0 Å². The van der Waals surface area contributed by atoms with Gasteiger partial charge in [0.15, 0.2) is 0 Å². The normalized spacial score (nSPS) is 21.4. The summed E-state index contributed by atoms with van der Waals surface area (Å²) in [6, 6.07) is 3.40. The van der Waals surface area contributed by atoms with Crippen LogP contribution in [0.4, 0.5) is 4.39 Å². The number of aryl methyl sites for hydroxylation is 1. The fraction of sp³-hybridized carbons (Fsp3) is 0.400. The van der Waals surface area contributed by atoms with Gasteiger partial charge in [0, 0.05) is 28.4 Å². The third kappa shape index (κ3) is 2.76. The second-order valence-corrected chi connectivity index (χ2v) is 8.58. The number of nitrogens with two attached hydrogens (primary N) is 1. The average Bonchev–Trinajstić information content (AvgIpc) is 3.32. The zero-order chi connectivity index (χ0) is 18.9. The Morgan fingerprint density at radius 2 is 2.00 bits per heavy atom. The zero-order valence-corrected chi connectivity index (χ0v) is 17.0. The smallest absolute Gasteiger partial charge is 0.324 e. The highest BCUT2D eigenvalue weighted by atomic mass is 35.5. The molecule has 3 aromatic rings. The van der Waals surface area contributed by atoms with E-state index in [0.29, 0.717) is 16.6 Å². The Hall–Kier alpha value is -1.96. The molecule has 0 amide bonds. The van der Waals surface area contributed by atoms with E-state index in [1.54, 1.807) is 15.9 Å². The molecule has 2 heterocycles. The van der Waals surface area contributed by atoms with Crippen molar-refractivity contribution in [2.75, 3.05) is 0 Å². The number of rotatable bonds is 2. The number of thiophene rings is 1. The van der Waals surface area contributed by atoms with Gasteiger partial charge in [0.25, 0.3) is 5.56 Å². The number of hydrogen-bond acceptors (Lipinski definition) is 4. The number of fused-ring (bicyclic) bond motifs is 2. The van der Waals surface area contributed by atoms with E-state index in [-0.39, 0.29) is 41.6 Å². The van der Waals surface area contributed by atoms with Gasteiger partial charge in [-0.05, 0) is 61.2 Å². The van der Waals surface area contributed by atoms with E-state index in [9.17, 15) is 9.59 Å². The first-order valence-corrected chi connectivity index (χ1v) is 10.2. The molecule has 2 atom stereocenters. The standard InChI is InChI=1S/C20H20FN3O2S.ClH/c1-9-16(12-4-5-15(22)11-6-7-27-18(11)12)14(21)8-13-17(9)24(10-2-3-10)20(26)23-19(13)25;/h6-8,10,12,15H,2-5,22H2,1H3,(H,23,25,26);1H. The van der Waals surface area contributed by atoms with Crippen molar-refractivity contribution in [2.45, 2.75) is 50.6 Å². The van der Waals surface area contributed by atoms with E-state index < -0.39 is 11.2 Å². The minimum absolute atomic E-state index is 0. The molecule has 0 saturated heterocycles. The second kappa shape index (κ2) is 6.83. The van der Waals surface area contributed by atoms with E-state index in [4.69, 9.17) is 5.73 Å². The van der Waals surface area contributed by atoms with Crippen LogP contribution in [0.3, 0.4) is 0 Å². The summed E-state index contributed by atoms with van der Waals surface area (Å²) in [5, 5.41) is 2.25. The molecule has 8 heteroatoms. The predicted molar refractivity (Wildman–Crippen MR) is 111 cm³/mol. The lowest BCUT2D eigenvalue weighted by Gasteiger charge is -2.29. The lowest BCUT2D eigenvalue weighted by Crippen LogP contribution is -2.31. The molecule has 28 heavy (non-hydrogen) atoms. The van der Waals surface area contributed by atoms with Crippen molar-refractivity contribution in [3.63, 3.8) is 0 Å².